The highest BCUT2D eigenvalue weighted by Crippen LogP contribution is 2.35. The second-order valence-electron chi connectivity index (χ2n) is 4.86. The minimum Gasteiger partial charge on any atom is -0.166 e. The summed E-state index contributed by atoms with van der Waals surface area (Å²) in [5, 5.41) is 0. The lowest BCUT2D eigenvalue weighted by Gasteiger charge is -2.14. The molecule has 0 saturated carbocycles. The topological polar surface area (TPSA) is 0 Å². The van der Waals surface area contributed by atoms with Crippen molar-refractivity contribution in [2.24, 2.45) is 0 Å². The fourth-order valence-electron chi connectivity index (χ4n) is 1.95. The Labute approximate surface area is 110 Å². The molecule has 0 aliphatic rings. The molecule has 0 radical (unpaired) electrons. The van der Waals surface area contributed by atoms with Crippen LogP contribution in [0, 0.1) is 0 Å². The molecule has 0 fully saturated rings. The Kier molecular flexibility index (Phi) is 3.65. The smallest absolute Gasteiger partial charge is 0.166 e. The Morgan fingerprint density at radius 3 is 2.00 bits per heavy atom. The van der Waals surface area contributed by atoms with E-state index in [4.69, 9.17) is 0 Å². The first kappa shape index (κ1) is 13.7. The third kappa shape index (κ3) is 3.16. The van der Waals surface area contributed by atoms with Crippen molar-refractivity contribution in [1.29, 1.82) is 0 Å². The highest BCUT2D eigenvalue weighted by molar-refractivity contribution is 5.65. The molecule has 19 heavy (non-hydrogen) atoms. The van der Waals surface area contributed by atoms with E-state index in [1.54, 1.807) is 0 Å². The minimum atomic E-state index is -4.31. The fourth-order valence-corrected chi connectivity index (χ4v) is 1.95. The molecule has 0 spiro atoms. The van der Waals surface area contributed by atoms with Crippen molar-refractivity contribution in [3.8, 4) is 11.1 Å². The molecule has 0 amide bonds. The number of hydrogen-bond acceptors (Lipinski definition) is 0. The number of rotatable bonds is 2. The Hall–Kier alpha value is -1.77. The van der Waals surface area contributed by atoms with E-state index in [9.17, 15) is 13.2 Å². The summed E-state index contributed by atoms with van der Waals surface area (Å²) in [4.78, 5) is 0. The van der Waals surface area contributed by atoms with E-state index in [-0.39, 0.29) is 5.92 Å². The van der Waals surface area contributed by atoms with Gasteiger partial charge in [-0.1, -0.05) is 50.2 Å². The normalized spacial score (nSPS) is 11.9. The average molecular weight is 264 g/mol. The maximum absolute atomic E-state index is 12.9. The van der Waals surface area contributed by atoms with Crippen LogP contribution in [-0.4, -0.2) is 0 Å². The first-order valence-corrected chi connectivity index (χ1v) is 6.15. The summed E-state index contributed by atoms with van der Waals surface area (Å²) in [5.74, 6) is 0.0600. The summed E-state index contributed by atoms with van der Waals surface area (Å²) in [5.41, 5.74) is 1.53. The van der Waals surface area contributed by atoms with Crippen LogP contribution in [-0.2, 0) is 6.18 Å². The van der Waals surface area contributed by atoms with Crippen LogP contribution in [0.3, 0.4) is 0 Å². The average Bonchev–Trinajstić information content (AvgIpc) is 2.38. The van der Waals surface area contributed by atoms with Gasteiger partial charge in [0.05, 0.1) is 5.56 Å². The molecular weight excluding hydrogens is 249 g/mol. The maximum atomic E-state index is 12.9. The van der Waals surface area contributed by atoms with Crippen molar-refractivity contribution in [2.75, 3.05) is 0 Å². The van der Waals surface area contributed by atoms with Gasteiger partial charge in [-0.15, -0.1) is 0 Å². The van der Waals surface area contributed by atoms with E-state index in [2.05, 4.69) is 0 Å². The number of alkyl halides is 3. The molecule has 0 unspecified atom stereocenters. The van der Waals surface area contributed by atoms with Gasteiger partial charge in [0.15, 0.2) is 0 Å². The Balaban J connectivity index is 2.59. The third-order valence-electron chi connectivity index (χ3n) is 3.06. The zero-order valence-electron chi connectivity index (χ0n) is 10.8. The number of benzene rings is 2. The lowest BCUT2D eigenvalue weighted by atomic mass is 9.94. The number of halogens is 3. The van der Waals surface area contributed by atoms with Crippen LogP contribution in [0.25, 0.3) is 11.1 Å². The summed E-state index contributed by atoms with van der Waals surface area (Å²) in [6.07, 6.45) is -4.31. The molecule has 2 aromatic rings. The van der Waals surface area contributed by atoms with Gasteiger partial charge in [-0.2, -0.15) is 13.2 Å². The maximum Gasteiger partial charge on any atom is 0.416 e. The fraction of sp³-hybridized carbons (Fsp3) is 0.250. The van der Waals surface area contributed by atoms with E-state index >= 15 is 0 Å². The largest absolute Gasteiger partial charge is 0.416 e. The van der Waals surface area contributed by atoms with Crippen molar-refractivity contribution in [1.82, 2.24) is 0 Å². The van der Waals surface area contributed by atoms with Gasteiger partial charge >= 0.3 is 6.18 Å². The quantitative estimate of drug-likeness (QED) is 0.672. The van der Waals surface area contributed by atoms with Crippen molar-refractivity contribution >= 4 is 0 Å². The molecule has 0 aromatic heterocycles. The molecule has 0 atom stereocenters. The van der Waals surface area contributed by atoms with Crippen LogP contribution < -0.4 is 0 Å². The van der Waals surface area contributed by atoms with Gasteiger partial charge in [0.1, 0.15) is 0 Å². The summed E-state index contributed by atoms with van der Waals surface area (Å²) in [6.45, 7) is 3.79. The van der Waals surface area contributed by atoms with E-state index < -0.39 is 11.7 Å². The van der Waals surface area contributed by atoms with Crippen molar-refractivity contribution in [2.45, 2.75) is 25.9 Å². The summed E-state index contributed by atoms with van der Waals surface area (Å²) < 4.78 is 38.8. The first-order valence-electron chi connectivity index (χ1n) is 6.15. The molecule has 2 rings (SSSR count). The summed E-state index contributed by atoms with van der Waals surface area (Å²) in [7, 11) is 0. The van der Waals surface area contributed by atoms with Gasteiger partial charge in [0.2, 0.25) is 0 Å². The predicted octanol–water partition coefficient (Wildman–Crippen LogP) is 5.50. The molecule has 0 heterocycles. The van der Waals surface area contributed by atoms with Gasteiger partial charge in [-0.3, -0.25) is 0 Å². The molecule has 0 saturated heterocycles. The van der Waals surface area contributed by atoms with Crippen LogP contribution in [0.1, 0.15) is 30.9 Å². The SMILES string of the molecule is CC(C)c1cc(-c2ccccc2)cc(C(F)(F)F)c1. The molecule has 0 N–H and O–H groups in total. The molecule has 3 heteroatoms. The van der Waals surface area contributed by atoms with Gasteiger partial charge in [0, 0.05) is 0 Å². The minimum absolute atomic E-state index is 0.0600. The van der Waals surface area contributed by atoms with Crippen LogP contribution >= 0.6 is 0 Å². The molecular formula is C16H15F3. The monoisotopic (exact) mass is 264 g/mol. The summed E-state index contributed by atoms with van der Waals surface area (Å²) >= 11 is 0. The predicted molar refractivity (Wildman–Crippen MR) is 71.0 cm³/mol. The number of hydrogen-bond donors (Lipinski definition) is 0. The lowest BCUT2D eigenvalue weighted by molar-refractivity contribution is -0.137. The highest BCUT2D eigenvalue weighted by atomic mass is 19.4. The second kappa shape index (κ2) is 5.08. The Morgan fingerprint density at radius 2 is 1.47 bits per heavy atom. The van der Waals surface area contributed by atoms with Gasteiger partial charge < -0.3 is 0 Å². The highest BCUT2D eigenvalue weighted by Gasteiger charge is 2.31. The summed E-state index contributed by atoms with van der Waals surface area (Å²) in [6, 6.07) is 13.4. The third-order valence-corrected chi connectivity index (χ3v) is 3.06. The lowest BCUT2D eigenvalue weighted by Crippen LogP contribution is -2.06. The zero-order chi connectivity index (χ0) is 14.0. The van der Waals surface area contributed by atoms with Gasteiger partial charge in [-0.25, -0.2) is 0 Å². The van der Waals surface area contributed by atoms with Gasteiger partial charge in [-0.05, 0) is 34.7 Å². The molecule has 0 aliphatic heterocycles. The Bertz CT molecular complexity index is 554. The second-order valence-corrected chi connectivity index (χ2v) is 4.86. The van der Waals surface area contributed by atoms with Crippen LogP contribution in [0.2, 0.25) is 0 Å². The van der Waals surface area contributed by atoms with Crippen molar-refractivity contribution in [3.63, 3.8) is 0 Å². The molecule has 0 aliphatic carbocycles. The molecule has 2 aromatic carbocycles. The van der Waals surface area contributed by atoms with Gasteiger partial charge in [0.25, 0.3) is 0 Å². The van der Waals surface area contributed by atoms with Crippen molar-refractivity contribution in [3.05, 3.63) is 59.7 Å². The van der Waals surface area contributed by atoms with Crippen molar-refractivity contribution < 1.29 is 13.2 Å². The molecule has 0 nitrogen and oxygen atoms in total. The van der Waals surface area contributed by atoms with E-state index in [1.165, 1.54) is 12.1 Å². The van der Waals surface area contributed by atoms with E-state index in [0.717, 1.165) is 5.56 Å². The first-order chi connectivity index (χ1) is 8.88. The Morgan fingerprint density at radius 1 is 0.842 bits per heavy atom. The molecule has 0 bridgehead atoms. The standard InChI is InChI=1S/C16H15F3/c1-11(2)13-8-14(12-6-4-3-5-7-12)10-15(9-13)16(17,18)19/h3-11H,1-2H3. The van der Waals surface area contributed by atoms with Crippen LogP contribution in [0.15, 0.2) is 48.5 Å². The van der Waals surface area contributed by atoms with E-state index in [0.29, 0.717) is 11.1 Å². The molecule has 100 valence electrons. The van der Waals surface area contributed by atoms with Crippen LogP contribution in [0.5, 0.6) is 0 Å². The zero-order valence-corrected chi connectivity index (χ0v) is 10.8. The van der Waals surface area contributed by atoms with Crippen LogP contribution in [0.4, 0.5) is 13.2 Å². The van der Waals surface area contributed by atoms with E-state index in [1.807, 2.05) is 50.2 Å².